The van der Waals surface area contributed by atoms with Gasteiger partial charge in [0, 0.05) is 24.5 Å². The summed E-state index contributed by atoms with van der Waals surface area (Å²) in [4.78, 5) is 17.5. The van der Waals surface area contributed by atoms with Crippen molar-refractivity contribution in [3.05, 3.63) is 22.4 Å². The number of thiophene rings is 1. The summed E-state index contributed by atoms with van der Waals surface area (Å²) < 4.78 is 0. The molecule has 0 bridgehead atoms. The van der Waals surface area contributed by atoms with Gasteiger partial charge in [0.2, 0.25) is 5.91 Å². The van der Waals surface area contributed by atoms with Crippen molar-refractivity contribution in [1.82, 2.24) is 9.80 Å². The Kier molecular flexibility index (Phi) is 7.51. The van der Waals surface area contributed by atoms with Crippen LogP contribution in [0.2, 0.25) is 0 Å². The molecule has 1 unspecified atom stereocenters. The minimum atomic E-state index is 0. The van der Waals surface area contributed by atoms with Gasteiger partial charge in [-0.15, -0.1) is 23.7 Å². The molecule has 1 atom stereocenters. The molecule has 0 spiro atoms. The van der Waals surface area contributed by atoms with Crippen LogP contribution in [0.3, 0.4) is 0 Å². The predicted molar refractivity (Wildman–Crippen MR) is 86.3 cm³/mol. The first-order valence-corrected chi connectivity index (χ1v) is 7.79. The second-order valence-electron chi connectivity index (χ2n) is 5.18. The Hall–Kier alpha value is -0.620. The topological polar surface area (TPSA) is 49.6 Å². The third-order valence-electron chi connectivity index (χ3n) is 3.76. The fraction of sp³-hybridized carbons (Fsp3) is 0.643. The first kappa shape index (κ1) is 17.4. The highest BCUT2D eigenvalue weighted by atomic mass is 35.5. The number of amides is 1. The van der Waals surface area contributed by atoms with Crippen molar-refractivity contribution in [3.63, 3.8) is 0 Å². The maximum atomic E-state index is 12.2. The number of nitrogens with zero attached hydrogens (tertiary/aromatic N) is 2. The molecule has 1 fully saturated rings. The molecule has 2 heterocycles. The molecule has 0 aromatic carbocycles. The standard InChI is InChI=1S/C14H23N3OS.ClH/c1-16(10-13-6-4-8-19-13)14(18)11-17-7-3-2-5-12(17)9-15;/h4,6,8,12H,2-3,5,7,9-11,15H2,1H3;1H. The minimum absolute atomic E-state index is 0. The van der Waals surface area contributed by atoms with Gasteiger partial charge >= 0.3 is 0 Å². The number of piperidine rings is 1. The van der Waals surface area contributed by atoms with Gasteiger partial charge in [0.15, 0.2) is 0 Å². The van der Waals surface area contributed by atoms with Crippen LogP contribution in [0.15, 0.2) is 17.5 Å². The van der Waals surface area contributed by atoms with Crippen molar-refractivity contribution in [1.29, 1.82) is 0 Å². The molecule has 20 heavy (non-hydrogen) atoms. The second kappa shape index (κ2) is 8.62. The third kappa shape index (κ3) is 4.74. The zero-order valence-electron chi connectivity index (χ0n) is 12.0. The summed E-state index contributed by atoms with van der Waals surface area (Å²) in [7, 11) is 1.88. The van der Waals surface area contributed by atoms with Gasteiger partial charge in [0.1, 0.15) is 0 Å². The number of hydrogen-bond donors (Lipinski definition) is 1. The number of halogens is 1. The van der Waals surface area contributed by atoms with Gasteiger partial charge in [-0.3, -0.25) is 9.69 Å². The van der Waals surface area contributed by atoms with Crippen molar-refractivity contribution in [2.24, 2.45) is 5.73 Å². The van der Waals surface area contributed by atoms with Crippen LogP contribution < -0.4 is 5.73 Å². The average molecular weight is 318 g/mol. The molecular weight excluding hydrogens is 294 g/mol. The SMILES string of the molecule is CN(Cc1cccs1)C(=O)CN1CCCCC1CN.Cl. The molecular formula is C14H24ClN3OS. The lowest BCUT2D eigenvalue weighted by Gasteiger charge is -2.35. The molecule has 1 amide bonds. The Morgan fingerprint density at radius 1 is 1.55 bits per heavy atom. The first-order valence-electron chi connectivity index (χ1n) is 6.91. The van der Waals surface area contributed by atoms with Crippen LogP contribution in [0, 0.1) is 0 Å². The van der Waals surface area contributed by atoms with Crippen molar-refractivity contribution in [2.75, 3.05) is 26.7 Å². The van der Waals surface area contributed by atoms with E-state index < -0.39 is 0 Å². The molecule has 1 aromatic rings. The number of carbonyl (C=O) groups excluding carboxylic acids is 1. The molecule has 6 heteroatoms. The van der Waals surface area contributed by atoms with E-state index in [1.165, 1.54) is 17.7 Å². The highest BCUT2D eigenvalue weighted by Crippen LogP contribution is 2.16. The maximum Gasteiger partial charge on any atom is 0.236 e. The van der Waals surface area contributed by atoms with Crippen LogP contribution in [0.1, 0.15) is 24.1 Å². The minimum Gasteiger partial charge on any atom is -0.340 e. The van der Waals surface area contributed by atoms with E-state index in [-0.39, 0.29) is 18.3 Å². The lowest BCUT2D eigenvalue weighted by Crippen LogP contribution is -2.48. The zero-order chi connectivity index (χ0) is 13.7. The van der Waals surface area contributed by atoms with E-state index in [9.17, 15) is 4.79 Å². The number of carbonyl (C=O) groups is 1. The van der Waals surface area contributed by atoms with Crippen LogP contribution in [-0.2, 0) is 11.3 Å². The molecule has 0 radical (unpaired) electrons. The van der Waals surface area contributed by atoms with Crippen LogP contribution in [0.4, 0.5) is 0 Å². The second-order valence-corrected chi connectivity index (χ2v) is 6.22. The summed E-state index contributed by atoms with van der Waals surface area (Å²) in [5.74, 6) is 0.189. The van der Waals surface area contributed by atoms with E-state index in [1.807, 2.05) is 23.4 Å². The number of likely N-dealkylation sites (N-methyl/N-ethyl adjacent to an activating group) is 1. The van der Waals surface area contributed by atoms with E-state index in [4.69, 9.17) is 5.73 Å². The van der Waals surface area contributed by atoms with Gasteiger partial charge in [-0.2, -0.15) is 0 Å². The normalized spacial score (nSPS) is 19.4. The van der Waals surface area contributed by atoms with Crippen LogP contribution in [-0.4, -0.2) is 48.4 Å². The first-order chi connectivity index (χ1) is 9.20. The molecule has 2 N–H and O–H groups in total. The Labute approximate surface area is 131 Å². The van der Waals surface area contributed by atoms with Crippen molar-refractivity contribution >= 4 is 29.7 Å². The smallest absolute Gasteiger partial charge is 0.236 e. The molecule has 114 valence electrons. The summed E-state index contributed by atoms with van der Waals surface area (Å²) in [6.07, 6.45) is 3.54. The average Bonchev–Trinajstić information content (AvgIpc) is 2.92. The zero-order valence-corrected chi connectivity index (χ0v) is 13.6. The van der Waals surface area contributed by atoms with Gasteiger partial charge in [-0.1, -0.05) is 12.5 Å². The number of rotatable bonds is 5. The summed E-state index contributed by atoms with van der Waals surface area (Å²) in [5, 5.41) is 2.04. The van der Waals surface area contributed by atoms with Crippen molar-refractivity contribution in [2.45, 2.75) is 31.8 Å². The van der Waals surface area contributed by atoms with E-state index in [0.717, 1.165) is 13.0 Å². The highest BCUT2D eigenvalue weighted by molar-refractivity contribution is 7.09. The van der Waals surface area contributed by atoms with Gasteiger partial charge in [-0.05, 0) is 30.8 Å². The number of likely N-dealkylation sites (tertiary alicyclic amines) is 1. The highest BCUT2D eigenvalue weighted by Gasteiger charge is 2.24. The monoisotopic (exact) mass is 317 g/mol. The number of nitrogens with two attached hydrogens (primary N) is 1. The van der Waals surface area contributed by atoms with E-state index >= 15 is 0 Å². The Bertz CT molecular complexity index is 399. The Morgan fingerprint density at radius 3 is 3.00 bits per heavy atom. The fourth-order valence-electron chi connectivity index (χ4n) is 2.55. The van der Waals surface area contributed by atoms with Crippen LogP contribution in [0.5, 0.6) is 0 Å². The summed E-state index contributed by atoms with van der Waals surface area (Å²) in [6.45, 7) is 2.86. The van der Waals surface area contributed by atoms with Gasteiger partial charge in [0.05, 0.1) is 13.1 Å². The Balaban J connectivity index is 0.00000200. The molecule has 0 aliphatic carbocycles. The van der Waals surface area contributed by atoms with E-state index in [0.29, 0.717) is 25.7 Å². The molecule has 1 aliphatic heterocycles. The quantitative estimate of drug-likeness (QED) is 0.903. The summed E-state index contributed by atoms with van der Waals surface area (Å²) in [6, 6.07) is 4.47. The fourth-order valence-corrected chi connectivity index (χ4v) is 3.31. The van der Waals surface area contributed by atoms with Gasteiger partial charge < -0.3 is 10.6 Å². The lowest BCUT2D eigenvalue weighted by atomic mass is 10.0. The van der Waals surface area contributed by atoms with Crippen molar-refractivity contribution in [3.8, 4) is 0 Å². The lowest BCUT2D eigenvalue weighted by molar-refractivity contribution is -0.132. The van der Waals surface area contributed by atoms with E-state index in [1.54, 1.807) is 11.3 Å². The van der Waals surface area contributed by atoms with Crippen LogP contribution >= 0.6 is 23.7 Å². The molecule has 1 aromatic heterocycles. The Morgan fingerprint density at radius 2 is 2.35 bits per heavy atom. The largest absolute Gasteiger partial charge is 0.340 e. The van der Waals surface area contributed by atoms with E-state index in [2.05, 4.69) is 11.0 Å². The molecule has 1 aliphatic rings. The third-order valence-corrected chi connectivity index (χ3v) is 4.62. The molecule has 2 rings (SSSR count). The molecule has 1 saturated heterocycles. The molecule has 4 nitrogen and oxygen atoms in total. The van der Waals surface area contributed by atoms with Gasteiger partial charge in [-0.25, -0.2) is 0 Å². The predicted octanol–water partition coefficient (Wildman–Crippen LogP) is 1.94. The van der Waals surface area contributed by atoms with Crippen molar-refractivity contribution < 1.29 is 4.79 Å². The number of hydrogen-bond acceptors (Lipinski definition) is 4. The summed E-state index contributed by atoms with van der Waals surface area (Å²) >= 11 is 1.69. The maximum absolute atomic E-state index is 12.2. The van der Waals surface area contributed by atoms with Crippen LogP contribution in [0.25, 0.3) is 0 Å². The molecule has 0 saturated carbocycles. The summed E-state index contributed by atoms with van der Waals surface area (Å²) in [5.41, 5.74) is 5.79. The van der Waals surface area contributed by atoms with Gasteiger partial charge in [0.25, 0.3) is 0 Å².